The number of hydrogen-bond donors (Lipinski definition) is 1. The number of halogens is 1. The van der Waals surface area contributed by atoms with Gasteiger partial charge in [0.1, 0.15) is 5.56 Å². The Morgan fingerprint density at radius 3 is 2.74 bits per heavy atom. The normalized spacial score (nSPS) is 11.0. The van der Waals surface area contributed by atoms with Gasteiger partial charge in [0.05, 0.1) is 7.11 Å². The first-order chi connectivity index (χ1) is 10.9. The predicted octanol–water partition coefficient (Wildman–Crippen LogP) is 2.25. The van der Waals surface area contributed by atoms with Crippen molar-refractivity contribution in [2.45, 2.75) is 6.42 Å². The van der Waals surface area contributed by atoms with Crippen LogP contribution in [0, 0.1) is 0 Å². The van der Waals surface area contributed by atoms with Gasteiger partial charge < -0.3 is 19.4 Å². The summed E-state index contributed by atoms with van der Waals surface area (Å²) in [4.78, 5) is 26.3. The molecule has 1 heterocycles. The molecule has 1 amide bonds. The van der Waals surface area contributed by atoms with Gasteiger partial charge in [-0.25, -0.2) is 4.79 Å². The van der Waals surface area contributed by atoms with E-state index in [1.165, 1.54) is 13.2 Å². The van der Waals surface area contributed by atoms with Crippen LogP contribution in [0.5, 0.6) is 5.75 Å². The molecule has 0 saturated heterocycles. The molecule has 6 nitrogen and oxygen atoms in total. The van der Waals surface area contributed by atoms with E-state index in [-0.39, 0.29) is 5.56 Å². The third-order valence-electron chi connectivity index (χ3n) is 3.30. The van der Waals surface area contributed by atoms with Crippen molar-refractivity contribution in [3.8, 4) is 5.75 Å². The summed E-state index contributed by atoms with van der Waals surface area (Å²) in [5.41, 5.74) is -0.365. The minimum absolute atomic E-state index is 0.0116. The third kappa shape index (κ3) is 4.33. The number of nitrogens with zero attached hydrogens (tertiary/aromatic N) is 1. The molecule has 1 aromatic heterocycles. The summed E-state index contributed by atoms with van der Waals surface area (Å²) in [6.07, 6.45) is 0.803. The third-order valence-corrected chi connectivity index (χ3v) is 3.75. The second-order valence-corrected chi connectivity index (χ2v) is 6.30. The number of fused-ring (bicyclic) bond motifs is 1. The van der Waals surface area contributed by atoms with Crippen molar-refractivity contribution in [2.24, 2.45) is 0 Å². The van der Waals surface area contributed by atoms with Crippen molar-refractivity contribution >= 4 is 32.8 Å². The Hall–Kier alpha value is -1.86. The molecule has 23 heavy (non-hydrogen) atoms. The van der Waals surface area contributed by atoms with E-state index < -0.39 is 11.5 Å². The zero-order chi connectivity index (χ0) is 17.0. The standard InChI is InChI=1S/C16H19BrN2O4/c1-19(2)6-4-5-18-15(20)12-8-10-7-11(17)9-13(22-3)14(10)23-16(12)21/h7-9H,4-6H2,1-3H3,(H,18,20). The van der Waals surface area contributed by atoms with E-state index in [2.05, 4.69) is 21.2 Å². The zero-order valence-electron chi connectivity index (χ0n) is 13.3. The monoisotopic (exact) mass is 382 g/mol. The average molecular weight is 383 g/mol. The molecule has 0 radical (unpaired) electrons. The van der Waals surface area contributed by atoms with Crippen molar-refractivity contribution < 1.29 is 13.9 Å². The van der Waals surface area contributed by atoms with Crippen LogP contribution in [0.25, 0.3) is 11.0 Å². The van der Waals surface area contributed by atoms with Crippen molar-refractivity contribution in [3.05, 3.63) is 38.7 Å². The Bertz CT molecular complexity index is 770. The summed E-state index contributed by atoms with van der Waals surface area (Å²) in [6.45, 7) is 1.35. The lowest BCUT2D eigenvalue weighted by molar-refractivity contribution is 0.0948. The molecule has 0 saturated carbocycles. The fraction of sp³-hybridized carbons (Fsp3) is 0.375. The van der Waals surface area contributed by atoms with Gasteiger partial charge in [0, 0.05) is 16.4 Å². The molecule has 0 aliphatic rings. The number of carbonyl (C=O) groups excluding carboxylic acids is 1. The fourth-order valence-corrected chi connectivity index (χ4v) is 2.62. The number of ether oxygens (including phenoxy) is 1. The lowest BCUT2D eigenvalue weighted by atomic mass is 10.1. The Morgan fingerprint density at radius 2 is 2.09 bits per heavy atom. The maximum atomic E-state index is 12.2. The molecule has 0 spiro atoms. The van der Waals surface area contributed by atoms with Crippen molar-refractivity contribution in [2.75, 3.05) is 34.3 Å². The van der Waals surface area contributed by atoms with Crippen LogP contribution in [0.4, 0.5) is 0 Å². The smallest absolute Gasteiger partial charge is 0.349 e. The summed E-state index contributed by atoms with van der Waals surface area (Å²) in [7, 11) is 5.42. The Balaban J connectivity index is 2.26. The average Bonchev–Trinajstić information content (AvgIpc) is 2.50. The summed E-state index contributed by atoms with van der Waals surface area (Å²) < 4.78 is 11.2. The van der Waals surface area contributed by atoms with E-state index in [0.29, 0.717) is 23.3 Å². The summed E-state index contributed by atoms with van der Waals surface area (Å²) in [6, 6.07) is 4.99. The van der Waals surface area contributed by atoms with Gasteiger partial charge in [-0.3, -0.25) is 4.79 Å². The minimum Gasteiger partial charge on any atom is -0.493 e. The molecule has 0 unspecified atom stereocenters. The van der Waals surface area contributed by atoms with Gasteiger partial charge in [0.2, 0.25) is 0 Å². The molecule has 0 bridgehead atoms. The molecule has 1 aromatic carbocycles. The number of carbonyl (C=O) groups is 1. The van der Waals surface area contributed by atoms with Crippen molar-refractivity contribution in [1.82, 2.24) is 10.2 Å². The topological polar surface area (TPSA) is 71.8 Å². The molecular weight excluding hydrogens is 364 g/mol. The van der Waals surface area contributed by atoms with Crippen molar-refractivity contribution in [1.29, 1.82) is 0 Å². The molecule has 0 fully saturated rings. The molecule has 124 valence electrons. The highest BCUT2D eigenvalue weighted by molar-refractivity contribution is 9.10. The molecule has 0 atom stereocenters. The molecule has 0 aliphatic carbocycles. The van der Waals surface area contributed by atoms with Crippen LogP contribution in [0.2, 0.25) is 0 Å². The van der Waals surface area contributed by atoms with Crippen LogP contribution in [-0.4, -0.2) is 45.1 Å². The number of amides is 1. The summed E-state index contributed by atoms with van der Waals surface area (Å²) in [5, 5.41) is 3.35. The van der Waals surface area contributed by atoms with Gasteiger partial charge in [-0.1, -0.05) is 15.9 Å². The lowest BCUT2D eigenvalue weighted by Gasteiger charge is -2.10. The van der Waals surface area contributed by atoms with Crippen LogP contribution in [0.3, 0.4) is 0 Å². The first-order valence-corrected chi connectivity index (χ1v) is 7.96. The maximum Gasteiger partial charge on any atom is 0.349 e. The largest absolute Gasteiger partial charge is 0.493 e. The Morgan fingerprint density at radius 1 is 1.35 bits per heavy atom. The van der Waals surface area contributed by atoms with Gasteiger partial charge in [-0.05, 0) is 45.3 Å². The van der Waals surface area contributed by atoms with E-state index in [4.69, 9.17) is 9.15 Å². The van der Waals surface area contributed by atoms with E-state index >= 15 is 0 Å². The number of rotatable bonds is 6. The number of nitrogens with one attached hydrogen (secondary N) is 1. The zero-order valence-corrected chi connectivity index (χ0v) is 14.9. The molecular formula is C16H19BrN2O4. The highest BCUT2D eigenvalue weighted by Gasteiger charge is 2.16. The minimum atomic E-state index is -0.678. The van der Waals surface area contributed by atoms with Crippen LogP contribution >= 0.6 is 15.9 Å². The molecule has 2 rings (SSSR count). The quantitative estimate of drug-likeness (QED) is 0.612. The molecule has 1 N–H and O–H groups in total. The number of hydrogen-bond acceptors (Lipinski definition) is 5. The van der Waals surface area contributed by atoms with Crippen LogP contribution in [-0.2, 0) is 0 Å². The van der Waals surface area contributed by atoms with Gasteiger partial charge in [-0.2, -0.15) is 0 Å². The predicted molar refractivity (Wildman–Crippen MR) is 92.2 cm³/mol. The molecule has 2 aromatic rings. The van der Waals surface area contributed by atoms with Gasteiger partial charge in [-0.15, -0.1) is 0 Å². The number of benzene rings is 1. The van der Waals surface area contributed by atoms with E-state index in [1.807, 2.05) is 19.0 Å². The van der Waals surface area contributed by atoms with Crippen LogP contribution < -0.4 is 15.7 Å². The number of methoxy groups -OCH3 is 1. The second kappa shape index (κ2) is 7.61. The SMILES string of the molecule is COc1cc(Br)cc2cc(C(=O)NCCCN(C)C)c(=O)oc12. The Labute approximate surface area is 142 Å². The van der Waals surface area contributed by atoms with E-state index in [0.717, 1.165) is 17.4 Å². The van der Waals surface area contributed by atoms with Gasteiger partial charge in [0.25, 0.3) is 5.91 Å². The van der Waals surface area contributed by atoms with Crippen LogP contribution in [0.1, 0.15) is 16.8 Å². The van der Waals surface area contributed by atoms with E-state index in [9.17, 15) is 9.59 Å². The van der Waals surface area contributed by atoms with Gasteiger partial charge in [0.15, 0.2) is 11.3 Å². The first kappa shape index (κ1) is 17.5. The summed E-state index contributed by atoms with van der Waals surface area (Å²) >= 11 is 3.36. The highest BCUT2D eigenvalue weighted by Crippen LogP contribution is 2.29. The van der Waals surface area contributed by atoms with Gasteiger partial charge >= 0.3 is 5.63 Å². The maximum absolute atomic E-state index is 12.2. The van der Waals surface area contributed by atoms with Crippen LogP contribution in [0.15, 0.2) is 31.9 Å². The van der Waals surface area contributed by atoms with E-state index in [1.54, 1.807) is 12.1 Å². The Kier molecular flexibility index (Phi) is 5.79. The highest BCUT2D eigenvalue weighted by atomic mass is 79.9. The first-order valence-electron chi connectivity index (χ1n) is 7.16. The fourth-order valence-electron chi connectivity index (χ4n) is 2.17. The molecule has 7 heteroatoms. The summed E-state index contributed by atoms with van der Waals surface area (Å²) in [5.74, 6) is 0.00256. The lowest BCUT2D eigenvalue weighted by Crippen LogP contribution is -2.30. The van der Waals surface area contributed by atoms with Crippen molar-refractivity contribution in [3.63, 3.8) is 0 Å². The molecule has 0 aliphatic heterocycles. The second-order valence-electron chi connectivity index (χ2n) is 5.39.